The molecule has 2 aromatic rings. The minimum atomic E-state index is -1.43. The summed E-state index contributed by atoms with van der Waals surface area (Å²) in [4.78, 5) is 0. The molecule has 1 nitrogen and oxygen atoms in total. The van der Waals surface area contributed by atoms with Crippen LogP contribution >= 0.6 is 0 Å². The average Bonchev–Trinajstić information content (AvgIpc) is 2.45. The van der Waals surface area contributed by atoms with Crippen LogP contribution in [0.5, 0.6) is 0 Å². The van der Waals surface area contributed by atoms with Gasteiger partial charge >= 0.3 is 0 Å². The molecule has 0 fully saturated rings. The van der Waals surface area contributed by atoms with Crippen molar-refractivity contribution in [3.63, 3.8) is 0 Å². The van der Waals surface area contributed by atoms with Crippen LogP contribution in [-0.4, -0.2) is 7.05 Å². The molecule has 0 bridgehead atoms. The number of halogens is 3. The zero-order chi connectivity index (χ0) is 15.6. The lowest BCUT2D eigenvalue weighted by atomic mass is 9.96. The van der Waals surface area contributed by atoms with Crippen LogP contribution in [0.25, 0.3) is 0 Å². The first-order valence-corrected chi connectivity index (χ1v) is 6.80. The van der Waals surface area contributed by atoms with Gasteiger partial charge in [0.05, 0.1) is 0 Å². The van der Waals surface area contributed by atoms with Gasteiger partial charge in [-0.15, -0.1) is 0 Å². The summed E-state index contributed by atoms with van der Waals surface area (Å²) in [5.74, 6) is -3.75. The van der Waals surface area contributed by atoms with Gasteiger partial charge in [-0.3, -0.25) is 0 Å². The fourth-order valence-corrected chi connectivity index (χ4v) is 2.33. The maximum absolute atomic E-state index is 13.3. The fourth-order valence-electron chi connectivity index (χ4n) is 2.33. The predicted molar refractivity (Wildman–Crippen MR) is 77.7 cm³/mol. The lowest BCUT2D eigenvalue weighted by Crippen LogP contribution is -2.19. The van der Waals surface area contributed by atoms with Crippen LogP contribution in [0.4, 0.5) is 13.2 Å². The second-order valence-corrected chi connectivity index (χ2v) is 5.26. The van der Waals surface area contributed by atoms with Crippen LogP contribution < -0.4 is 5.32 Å². The first kappa shape index (κ1) is 15.6. The highest BCUT2D eigenvalue weighted by atomic mass is 19.2. The maximum Gasteiger partial charge on any atom is 0.194 e. The zero-order valence-electron chi connectivity index (χ0n) is 12.3. The zero-order valence-corrected chi connectivity index (χ0v) is 12.3. The van der Waals surface area contributed by atoms with E-state index in [-0.39, 0.29) is 6.04 Å². The van der Waals surface area contributed by atoms with Crippen molar-refractivity contribution in [2.45, 2.75) is 26.3 Å². The SMILES string of the molecule is CNC(Cc1ccc(C)c(C)c1)c1cc(F)c(F)c(F)c1. The molecule has 0 heterocycles. The molecule has 112 valence electrons. The van der Waals surface area contributed by atoms with Crippen molar-refractivity contribution >= 4 is 0 Å². The van der Waals surface area contributed by atoms with Crippen LogP contribution in [0, 0.1) is 31.3 Å². The van der Waals surface area contributed by atoms with Crippen LogP contribution in [0.15, 0.2) is 30.3 Å². The monoisotopic (exact) mass is 293 g/mol. The van der Waals surface area contributed by atoms with Gasteiger partial charge in [0.1, 0.15) is 0 Å². The Morgan fingerprint density at radius 1 is 0.952 bits per heavy atom. The maximum atomic E-state index is 13.3. The third-order valence-corrected chi connectivity index (χ3v) is 3.77. The van der Waals surface area contributed by atoms with E-state index >= 15 is 0 Å². The van der Waals surface area contributed by atoms with E-state index in [2.05, 4.69) is 11.4 Å². The molecule has 4 heteroatoms. The standard InChI is InChI=1S/C17H18F3N/c1-10-4-5-12(6-11(10)2)7-16(21-3)13-8-14(18)17(20)15(19)9-13/h4-6,8-9,16,21H,7H2,1-3H3. The molecule has 0 aliphatic rings. The quantitative estimate of drug-likeness (QED) is 0.832. The van der Waals surface area contributed by atoms with Gasteiger partial charge < -0.3 is 5.32 Å². The van der Waals surface area contributed by atoms with Crippen LogP contribution in [0.2, 0.25) is 0 Å². The highest BCUT2D eigenvalue weighted by Gasteiger charge is 2.17. The molecule has 0 amide bonds. The van der Waals surface area contributed by atoms with Crippen molar-refractivity contribution in [3.05, 3.63) is 70.0 Å². The Morgan fingerprint density at radius 2 is 1.57 bits per heavy atom. The number of hydrogen-bond donors (Lipinski definition) is 1. The molecule has 21 heavy (non-hydrogen) atoms. The van der Waals surface area contributed by atoms with Crippen molar-refractivity contribution < 1.29 is 13.2 Å². The number of hydrogen-bond acceptors (Lipinski definition) is 1. The third-order valence-electron chi connectivity index (χ3n) is 3.77. The smallest absolute Gasteiger partial charge is 0.194 e. The van der Waals surface area contributed by atoms with E-state index in [1.54, 1.807) is 7.05 Å². The summed E-state index contributed by atoms with van der Waals surface area (Å²) in [5.41, 5.74) is 3.81. The Balaban J connectivity index is 2.29. The van der Waals surface area contributed by atoms with E-state index in [9.17, 15) is 13.2 Å². The molecule has 0 saturated carbocycles. The summed E-state index contributed by atoms with van der Waals surface area (Å²) in [7, 11) is 1.71. The summed E-state index contributed by atoms with van der Waals surface area (Å²) in [6.07, 6.45) is 0.572. The van der Waals surface area contributed by atoms with Crippen molar-refractivity contribution in [2.75, 3.05) is 7.05 Å². The highest BCUT2D eigenvalue weighted by molar-refractivity contribution is 5.32. The van der Waals surface area contributed by atoms with Crippen molar-refractivity contribution in [1.29, 1.82) is 0 Å². The van der Waals surface area contributed by atoms with Crippen molar-refractivity contribution in [3.8, 4) is 0 Å². The fraction of sp³-hybridized carbons (Fsp3) is 0.294. The minimum absolute atomic E-state index is 0.281. The van der Waals surface area contributed by atoms with Crippen LogP contribution in [0.1, 0.15) is 28.3 Å². The first-order chi connectivity index (χ1) is 9.92. The largest absolute Gasteiger partial charge is 0.313 e. The predicted octanol–water partition coefficient (Wildman–Crippen LogP) is 4.22. The van der Waals surface area contributed by atoms with Gasteiger partial charge in [-0.25, -0.2) is 13.2 Å². The Kier molecular flexibility index (Phi) is 4.68. The van der Waals surface area contributed by atoms with E-state index in [1.807, 2.05) is 26.0 Å². The summed E-state index contributed by atoms with van der Waals surface area (Å²) >= 11 is 0. The number of rotatable bonds is 4. The lowest BCUT2D eigenvalue weighted by Gasteiger charge is -2.18. The molecule has 0 aromatic heterocycles. The van der Waals surface area contributed by atoms with Gasteiger partial charge in [-0.2, -0.15) is 0 Å². The Bertz CT molecular complexity index is 629. The molecular weight excluding hydrogens is 275 g/mol. The summed E-state index contributed by atoms with van der Waals surface area (Å²) in [6, 6.07) is 7.86. The van der Waals surface area contributed by atoms with E-state index in [0.29, 0.717) is 12.0 Å². The second kappa shape index (κ2) is 6.31. The lowest BCUT2D eigenvalue weighted by molar-refractivity contribution is 0.441. The molecule has 0 radical (unpaired) electrons. The van der Waals surface area contributed by atoms with Gasteiger partial charge in [0.15, 0.2) is 17.5 Å². The van der Waals surface area contributed by atoms with Gasteiger partial charge in [-0.1, -0.05) is 18.2 Å². The normalized spacial score (nSPS) is 12.5. The summed E-state index contributed by atoms with van der Waals surface area (Å²) < 4.78 is 39.7. The summed E-state index contributed by atoms with van der Waals surface area (Å²) in [5, 5.41) is 3.02. The molecule has 2 rings (SSSR count). The molecule has 1 atom stereocenters. The molecule has 1 N–H and O–H groups in total. The number of likely N-dealkylation sites (N-methyl/N-ethyl adjacent to an activating group) is 1. The van der Waals surface area contributed by atoms with E-state index in [4.69, 9.17) is 0 Å². The van der Waals surface area contributed by atoms with E-state index < -0.39 is 17.5 Å². The molecule has 0 spiro atoms. The van der Waals surface area contributed by atoms with Gasteiger partial charge in [0.2, 0.25) is 0 Å². The number of benzene rings is 2. The van der Waals surface area contributed by atoms with E-state index in [1.165, 1.54) is 11.1 Å². The van der Waals surface area contributed by atoms with Gasteiger partial charge in [-0.05, 0) is 61.7 Å². The minimum Gasteiger partial charge on any atom is -0.313 e. The highest BCUT2D eigenvalue weighted by Crippen LogP contribution is 2.23. The number of nitrogens with one attached hydrogen (secondary N) is 1. The number of aryl methyl sites for hydroxylation is 2. The third kappa shape index (κ3) is 3.45. The Labute approximate surface area is 122 Å². The molecule has 0 saturated heterocycles. The van der Waals surface area contributed by atoms with Crippen LogP contribution in [-0.2, 0) is 6.42 Å². The van der Waals surface area contributed by atoms with E-state index in [0.717, 1.165) is 17.7 Å². The van der Waals surface area contributed by atoms with Gasteiger partial charge in [0, 0.05) is 6.04 Å². The molecule has 2 aromatic carbocycles. The van der Waals surface area contributed by atoms with Crippen LogP contribution in [0.3, 0.4) is 0 Å². The topological polar surface area (TPSA) is 12.0 Å². The molecule has 0 aliphatic carbocycles. The average molecular weight is 293 g/mol. The Hall–Kier alpha value is -1.81. The summed E-state index contributed by atoms with van der Waals surface area (Å²) in [6.45, 7) is 4.05. The van der Waals surface area contributed by atoms with Gasteiger partial charge in [0.25, 0.3) is 0 Å². The van der Waals surface area contributed by atoms with Crippen molar-refractivity contribution in [1.82, 2.24) is 5.32 Å². The first-order valence-electron chi connectivity index (χ1n) is 6.80. The van der Waals surface area contributed by atoms with Crippen molar-refractivity contribution in [2.24, 2.45) is 0 Å². The molecule has 1 unspecified atom stereocenters. The molecule has 0 aliphatic heterocycles. The second-order valence-electron chi connectivity index (χ2n) is 5.26. The molecular formula is C17H18F3N. The Morgan fingerprint density at radius 3 is 2.10 bits per heavy atom.